The molecular weight excluding hydrogens is 350 g/mol. The van der Waals surface area contributed by atoms with Crippen molar-refractivity contribution < 1.29 is 9.21 Å². The van der Waals surface area contributed by atoms with Gasteiger partial charge in [-0.25, -0.2) is 0 Å². The third-order valence-corrected chi connectivity index (χ3v) is 4.78. The molecule has 0 radical (unpaired) electrons. The molecule has 1 heterocycles. The summed E-state index contributed by atoms with van der Waals surface area (Å²) in [6.45, 7) is 3.95. The minimum atomic E-state index is -0.252. The van der Waals surface area contributed by atoms with Crippen molar-refractivity contribution in [2.45, 2.75) is 13.8 Å². The first-order chi connectivity index (χ1) is 13.5. The molecule has 4 rings (SSSR count). The van der Waals surface area contributed by atoms with Gasteiger partial charge in [0, 0.05) is 17.8 Å². The van der Waals surface area contributed by atoms with Crippen molar-refractivity contribution in [3.8, 4) is 0 Å². The number of anilines is 1. The minimum absolute atomic E-state index is 0.0683. The van der Waals surface area contributed by atoms with Crippen LogP contribution in [0.3, 0.4) is 0 Å². The number of amides is 1. The molecule has 1 aromatic heterocycles. The number of hydrogen-bond donors (Lipinski definition) is 1. The third-order valence-electron chi connectivity index (χ3n) is 4.78. The molecule has 0 saturated carbocycles. The Morgan fingerprint density at radius 2 is 1.61 bits per heavy atom. The molecule has 0 aliphatic heterocycles. The van der Waals surface area contributed by atoms with Gasteiger partial charge in [-0.05, 0) is 60.9 Å². The number of carbonyl (C=O) groups excluding carboxylic acids is 1. The Kier molecular flexibility index (Phi) is 4.53. The van der Waals surface area contributed by atoms with Crippen LogP contribution in [0.15, 0.2) is 76.0 Å². The molecule has 0 aliphatic carbocycles. The van der Waals surface area contributed by atoms with Gasteiger partial charge in [-0.1, -0.05) is 30.3 Å². The van der Waals surface area contributed by atoms with Gasteiger partial charge < -0.3 is 9.73 Å². The van der Waals surface area contributed by atoms with Crippen LogP contribution in [0.4, 0.5) is 5.69 Å². The van der Waals surface area contributed by atoms with Crippen LogP contribution in [-0.4, -0.2) is 5.91 Å². The molecule has 0 fully saturated rings. The number of fused-ring (bicyclic) bond motifs is 2. The quantitative estimate of drug-likeness (QED) is 0.398. The molecule has 1 N–H and O–H groups in total. The molecule has 0 bridgehead atoms. The lowest BCUT2D eigenvalue weighted by Gasteiger charge is -2.07. The highest BCUT2D eigenvalue weighted by Crippen LogP contribution is 2.24. The highest BCUT2D eigenvalue weighted by molar-refractivity contribution is 6.03. The van der Waals surface area contributed by atoms with E-state index in [4.69, 9.17) is 4.42 Å². The lowest BCUT2D eigenvalue weighted by molar-refractivity contribution is -0.111. The topological polar surface area (TPSA) is 59.3 Å². The number of carbonyl (C=O) groups is 1. The summed E-state index contributed by atoms with van der Waals surface area (Å²) >= 11 is 0. The van der Waals surface area contributed by atoms with Crippen LogP contribution in [0.5, 0.6) is 0 Å². The fraction of sp³-hybridized carbons (Fsp3) is 0.0833. The molecule has 4 aromatic rings. The normalized spacial score (nSPS) is 11.4. The lowest BCUT2D eigenvalue weighted by atomic mass is 10.1. The molecule has 4 heteroatoms. The van der Waals surface area contributed by atoms with Crippen molar-refractivity contribution in [1.29, 1.82) is 0 Å². The number of hydrogen-bond acceptors (Lipinski definition) is 3. The van der Waals surface area contributed by atoms with Crippen molar-refractivity contribution in [1.82, 2.24) is 0 Å². The Balaban J connectivity index is 1.66. The summed E-state index contributed by atoms with van der Waals surface area (Å²) in [5, 5.41) is 3.87. The van der Waals surface area contributed by atoms with Crippen LogP contribution in [0.25, 0.3) is 28.0 Å². The van der Waals surface area contributed by atoms with Gasteiger partial charge in [0.1, 0.15) is 11.2 Å². The Hall–Kier alpha value is -3.66. The number of rotatable bonds is 3. The highest BCUT2D eigenvalue weighted by Gasteiger charge is 2.10. The first-order valence-corrected chi connectivity index (χ1v) is 9.03. The van der Waals surface area contributed by atoms with Crippen LogP contribution in [0.2, 0.25) is 0 Å². The van der Waals surface area contributed by atoms with Crippen molar-refractivity contribution in [2.75, 3.05) is 5.32 Å². The van der Waals surface area contributed by atoms with E-state index in [0.29, 0.717) is 27.6 Å². The van der Waals surface area contributed by atoms with E-state index >= 15 is 0 Å². The van der Waals surface area contributed by atoms with Gasteiger partial charge in [0.15, 0.2) is 0 Å². The smallest absolute Gasteiger partial charge is 0.248 e. The molecule has 3 aromatic carbocycles. The summed E-state index contributed by atoms with van der Waals surface area (Å²) in [7, 11) is 0. The van der Waals surface area contributed by atoms with Gasteiger partial charge in [-0.2, -0.15) is 0 Å². The zero-order chi connectivity index (χ0) is 19.7. The first kappa shape index (κ1) is 17.7. The molecule has 1 amide bonds. The number of benzene rings is 3. The van der Waals surface area contributed by atoms with E-state index in [0.717, 1.165) is 16.7 Å². The molecule has 0 spiro atoms. The monoisotopic (exact) mass is 369 g/mol. The van der Waals surface area contributed by atoms with Gasteiger partial charge in [-0.15, -0.1) is 0 Å². The Morgan fingerprint density at radius 1 is 0.893 bits per heavy atom. The van der Waals surface area contributed by atoms with Crippen LogP contribution >= 0.6 is 0 Å². The summed E-state index contributed by atoms with van der Waals surface area (Å²) in [6, 6.07) is 18.4. The SMILES string of the molecule is Cc1cc2oc3cc(NC(=O)/C=C/c4ccccc4)ccc3c(=O)c2cc1C. The van der Waals surface area contributed by atoms with Crippen molar-refractivity contribution in [2.24, 2.45) is 0 Å². The predicted octanol–water partition coefficient (Wildman–Crippen LogP) is 5.21. The van der Waals surface area contributed by atoms with Gasteiger partial charge in [0.2, 0.25) is 11.3 Å². The summed E-state index contributed by atoms with van der Waals surface area (Å²) in [6.07, 6.45) is 3.22. The molecule has 138 valence electrons. The third kappa shape index (κ3) is 3.45. The number of aryl methyl sites for hydroxylation is 2. The summed E-state index contributed by atoms with van der Waals surface area (Å²) < 4.78 is 5.95. The van der Waals surface area contributed by atoms with Crippen molar-refractivity contribution >= 4 is 39.6 Å². The second-order valence-corrected chi connectivity index (χ2v) is 6.81. The molecule has 0 unspecified atom stereocenters. The van der Waals surface area contributed by atoms with E-state index in [2.05, 4.69) is 5.32 Å². The van der Waals surface area contributed by atoms with Crippen molar-refractivity contribution in [3.63, 3.8) is 0 Å². The van der Waals surface area contributed by atoms with Crippen LogP contribution in [0.1, 0.15) is 16.7 Å². The maximum Gasteiger partial charge on any atom is 0.248 e. The van der Waals surface area contributed by atoms with E-state index in [1.165, 1.54) is 6.08 Å². The molecule has 0 aliphatic rings. The maximum atomic E-state index is 12.8. The Bertz CT molecular complexity index is 1280. The number of nitrogens with one attached hydrogen (secondary N) is 1. The fourth-order valence-electron chi connectivity index (χ4n) is 3.11. The Morgan fingerprint density at radius 3 is 2.39 bits per heavy atom. The Labute approximate surface area is 162 Å². The van der Waals surface area contributed by atoms with Crippen LogP contribution in [0, 0.1) is 13.8 Å². The molecule has 4 nitrogen and oxygen atoms in total. The summed E-state index contributed by atoms with van der Waals surface area (Å²) in [4.78, 5) is 25.0. The molecule has 28 heavy (non-hydrogen) atoms. The first-order valence-electron chi connectivity index (χ1n) is 9.03. The van der Waals surface area contributed by atoms with Gasteiger partial charge >= 0.3 is 0 Å². The zero-order valence-electron chi connectivity index (χ0n) is 15.7. The van der Waals surface area contributed by atoms with Crippen LogP contribution < -0.4 is 10.7 Å². The van der Waals surface area contributed by atoms with Gasteiger partial charge in [0.25, 0.3) is 0 Å². The zero-order valence-corrected chi connectivity index (χ0v) is 15.7. The molecule has 0 saturated heterocycles. The van der Waals surface area contributed by atoms with Gasteiger partial charge in [-0.3, -0.25) is 9.59 Å². The maximum absolute atomic E-state index is 12.8. The van der Waals surface area contributed by atoms with E-state index in [-0.39, 0.29) is 11.3 Å². The van der Waals surface area contributed by atoms with Crippen LogP contribution in [-0.2, 0) is 4.79 Å². The van der Waals surface area contributed by atoms with Gasteiger partial charge in [0.05, 0.1) is 10.8 Å². The standard InChI is InChI=1S/C24H19NO3/c1-15-12-20-21(13-16(15)2)28-22-14-18(9-10-19(22)24(20)27)25-23(26)11-8-17-6-4-3-5-7-17/h3-14H,1-2H3,(H,25,26)/b11-8+. The van der Waals surface area contributed by atoms with E-state index < -0.39 is 0 Å². The summed E-state index contributed by atoms with van der Waals surface area (Å²) in [5.74, 6) is -0.252. The van der Waals surface area contributed by atoms with E-state index in [1.807, 2.05) is 56.3 Å². The second kappa shape index (κ2) is 7.16. The fourth-order valence-corrected chi connectivity index (χ4v) is 3.11. The summed E-state index contributed by atoms with van der Waals surface area (Å²) in [5.41, 5.74) is 4.56. The highest BCUT2D eigenvalue weighted by atomic mass is 16.3. The van der Waals surface area contributed by atoms with E-state index in [9.17, 15) is 9.59 Å². The predicted molar refractivity (Wildman–Crippen MR) is 114 cm³/mol. The minimum Gasteiger partial charge on any atom is -0.456 e. The molecule has 0 atom stereocenters. The van der Waals surface area contributed by atoms with E-state index in [1.54, 1.807) is 24.3 Å². The average Bonchev–Trinajstić information content (AvgIpc) is 2.69. The van der Waals surface area contributed by atoms with Crippen molar-refractivity contribution in [3.05, 3.63) is 93.7 Å². The largest absolute Gasteiger partial charge is 0.456 e. The average molecular weight is 369 g/mol. The second-order valence-electron chi connectivity index (χ2n) is 6.81. The molecular formula is C24H19NO3. The lowest BCUT2D eigenvalue weighted by Crippen LogP contribution is -2.08.